The third kappa shape index (κ3) is 1.40. The summed E-state index contributed by atoms with van der Waals surface area (Å²) in [4.78, 5) is 0. The van der Waals surface area contributed by atoms with Crippen molar-refractivity contribution in [3.63, 3.8) is 0 Å². The summed E-state index contributed by atoms with van der Waals surface area (Å²) in [5.74, 6) is 0. The molecule has 11 heavy (non-hydrogen) atoms. The predicted molar refractivity (Wildman–Crippen MR) is 50.5 cm³/mol. The van der Waals surface area contributed by atoms with Gasteiger partial charge in [-0.3, -0.25) is 0 Å². The Bertz CT molecular complexity index is 213. The molecule has 1 aliphatic carbocycles. The highest BCUT2D eigenvalue weighted by Crippen LogP contribution is 2.44. The van der Waals surface area contributed by atoms with Crippen LogP contribution in [0.25, 0.3) is 0 Å². The minimum atomic E-state index is 0.261. The Labute approximate surface area is 70.0 Å². The second kappa shape index (κ2) is 2.23. The third-order valence-electron chi connectivity index (χ3n) is 2.84. The molecule has 0 aliphatic heterocycles. The zero-order valence-electron chi connectivity index (χ0n) is 8.23. The maximum absolute atomic E-state index is 2.35. The number of hydrogen-bond acceptors (Lipinski definition) is 0. The van der Waals surface area contributed by atoms with E-state index in [0.29, 0.717) is 5.41 Å². The minimum absolute atomic E-state index is 0.261. The van der Waals surface area contributed by atoms with Crippen LogP contribution >= 0.6 is 0 Å². The van der Waals surface area contributed by atoms with E-state index >= 15 is 0 Å². The number of allylic oxidation sites excluding steroid dienone is 4. The van der Waals surface area contributed by atoms with Gasteiger partial charge in [-0.25, -0.2) is 0 Å². The molecule has 1 rings (SSSR count). The molecule has 0 aromatic heterocycles. The molecule has 62 valence electrons. The molecule has 0 N–H and O–H groups in total. The first-order chi connectivity index (χ1) is 4.85. The molecule has 0 spiro atoms. The van der Waals surface area contributed by atoms with Gasteiger partial charge in [0.2, 0.25) is 0 Å². The second-order valence-electron chi connectivity index (χ2n) is 4.75. The average Bonchev–Trinajstić information content (AvgIpc) is 2.10. The molecule has 0 heteroatoms. The van der Waals surface area contributed by atoms with Gasteiger partial charge in [-0.15, -0.1) is 0 Å². The van der Waals surface area contributed by atoms with E-state index in [1.54, 1.807) is 0 Å². The van der Waals surface area contributed by atoms with Crippen molar-refractivity contribution in [2.24, 2.45) is 10.8 Å². The molecule has 0 bridgehead atoms. The highest BCUT2D eigenvalue weighted by Gasteiger charge is 2.34. The van der Waals surface area contributed by atoms with Gasteiger partial charge in [0.1, 0.15) is 0 Å². The van der Waals surface area contributed by atoms with Crippen LogP contribution in [0.2, 0.25) is 0 Å². The second-order valence-corrected chi connectivity index (χ2v) is 4.75. The molecule has 1 atom stereocenters. The van der Waals surface area contributed by atoms with Crippen LogP contribution in [0.4, 0.5) is 0 Å². The topological polar surface area (TPSA) is 0 Å². The molecule has 1 aliphatic rings. The molecule has 0 fully saturated rings. The van der Waals surface area contributed by atoms with Crippen LogP contribution < -0.4 is 0 Å². The lowest BCUT2D eigenvalue weighted by Crippen LogP contribution is -2.27. The Kier molecular flexibility index (Phi) is 1.74. The van der Waals surface area contributed by atoms with E-state index < -0.39 is 0 Å². The van der Waals surface area contributed by atoms with E-state index in [-0.39, 0.29) is 5.41 Å². The fraction of sp³-hybridized carbons (Fsp3) is 0.636. The summed E-state index contributed by atoms with van der Waals surface area (Å²) in [6.45, 7) is 11.3. The highest BCUT2D eigenvalue weighted by atomic mass is 14.4. The Morgan fingerprint density at radius 1 is 1.27 bits per heavy atom. The Hall–Kier alpha value is -0.520. The van der Waals surface area contributed by atoms with Gasteiger partial charge in [0, 0.05) is 5.41 Å². The van der Waals surface area contributed by atoms with Gasteiger partial charge in [0.05, 0.1) is 0 Å². The van der Waals surface area contributed by atoms with Crippen LogP contribution in [0.3, 0.4) is 0 Å². The van der Waals surface area contributed by atoms with Crippen LogP contribution in [0.15, 0.2) is 23.8 Å². The lowest BCUT2D eigenvalue weighted by Gasteiger charge is -2.35. The Morgan fingerprint density at radius 3 is 2.00 bits per heavy atom. The summed E-state index contributed by atoms with van der Waals surface area (Å²) in [5.41, 5.74) is 1.99. The largest absolute Gasteiger partial charge is 0.0740 e. The lowest BCUT2D eigenvalue weighted by molar-refractivity contribution is 0.231. The van der Waals surface area contributed by atoms with E-state index in [9.17, 15) is 0 Å². The Balaban J connectivity index is 2.97. The molecule has 0 amide bonds. The summed E-state index contributed by atoms with van der Waals surface area (Å²) < 4.78 is 0. The zero-order chi connectivity index (χ0) is 8.70. The van der Waals surface area contributed by atoms with Crippen LogP contribution in [0, 0.1) is 10.8 Å². The lowest BCUT2D eigenvalue weighted by atomic mass is 9.69. The average molecular weight is 150 g/mol. The monoisotopic (exact) mass is 150 g/mol. The van der Waals surface area contributed by atoms with Gasteiger partial charge >= 0.3 is 0 Å². The zero-order valence-corrected chi connectivity index (χ0v) is 8.23. The van der Waals surface area contributed by atoms with Gasteiger partial charge in [-0.1, -0.05) is 51.5 Å². The van der Waals surface area contributed by atoms with Gasteiger partial charge < -0.3 is 0 Å². The normalized spacial score (nSPS) is 30.8. The molecule has 0 radical (unpaired) electrons. The fourth-order valence-electron chi connectivity index (χ4n) is 1.34. The third-order valence-corrected chi connectivity index (χ3v) is 2.84. The fourth-order valence-corrected chi connectivity index (χ4v) is 1.34. The summed E-state index contributed by atoms with van der Waals surface area (Å²) in [6.07, 6.45) is 6.88. The van der Waals surface area contributed by atoms with Crippen molar-refractivity contribution in [2.75, 3.05) is 0 Å². The smallest absolute Gasteiger partial charge is 0.00900 e. The van der Waals surface area contributed by atoms with Gasteiger partial charge in [-0.05, 0) is 12.3 Å². The first-order valence-corrected chi connectivity index (χ1v) is 4.24. The van der Waals surface area contributed by atoms with Crippen molar-refractivity contribution < 1.29 is 0 Å². The van der Waals surface area contributed by atoms with Crippen molar-refractivity contribution >= 4 is 0 Å². The van der Waals surface area contributed by atoms with E-state index in [1.807, 2.05) is 0 Å². The first kappa shape index (κ1) is 8.58. The van der Waals surface area contributed by atoms with Crippen molar-refractivity contribution in [2.45, 2.75) is 34.6 Å². The molecule has 0 aromatic rings. The molecule has 0 aromatic carbocycles. The van der Waals surface area contributed by atoms with Crippen LogP contribution in [-0.2, 0) is 0 Å². The number of hydrogen-bond donors (Lipinski definition) is 0. The predicted octanol–water partition coefficient (Wildman–Crippen LogP) is 3.55. The molecule has 0 heterocycles. The van der Waals surface area contributed by atoms with Gasteiger partial charge in [0.25, 0.3) is 0 Å². The summed E-state index contributed by atoms with van der Waals surface area (Å²) in [7, 11) is 0. The maximum Gasteiger partial charge on any atom is 0.00900 e. The molecule has 0 nitrogen and oxygen atoms in total. The molecular formula is C11H18. The number of rotatable bonds is 0. The molecular weight excluding hydrogens is 132 g/mol. The molecule has 1 unspecified atom stereocenters. The van der Waals surface area contributed by atoms with Crippen molar-refractivity contribution in [3.05, 3.63) is 23.8 Å². The summed E-state index contributed by atoms with van der Waals surface area (Å²) >= 11 is 0. The van der Waals surface area contributed by atoms with E-state index in [0.717, 1.165) is 0 Å². The molecule has 0 saturated carbocycles. The minimum Gasteiger partial charge on any atom is -0.0740 e. The SMILES string of the molecule is CC1=CC(C)(C(C)(C)C)C=C1. The Morgan fingerprint density at radius 2 is 1.82 bits per heavy atom. The maximum atomic E-state index is 2.35. The van der Waals surface area contributed by atoms with Crippen LogP contribution in [0.1, 0.15) is 34.6 Å². The van der Waals surface area contributed by atoms with E-state index in [1.165, 1.54) is 5.57 Å². The molecule has 0 saturated heterocycles. The van der Waals surface area contributed by atoms with Crippen LogP contribution in [0.5, 0.6) is 0 Å². The highest BCUT2D eigenvalue weighted by molar-refractivity contribution is 5.33. The van der Waals surface area contributed by atoms with E-state index in [4.69, 9.17) is 0 Å². The van der Waals surface area contributed by atoms with Crippen molar-refractivity contribution in [3.8, 4) is 0 Å². The standard InChI is InChI=1S/C11H18/c1-9-6-7-11(5,8-9)10(2,3)4/h6-8H,1-5H3. The first-order valence-electron chi connectivity index (χ1n) is 4.24. The summed E-state index contributed by atoms with van der Waals surface area (Å²) in [6, 6.07) is 0. The van der Waals surface area contributed by atoms with Crippen molar-refractivity contribution in [1.82, 2.24) is 0 Å². The van der Waals surface area contributed by atoms with E-state index in [2.05, 4.69) is 52.8 Å². The quantitative estimate of drug-likeness (QED) is 0.495. The summed E-state index contributed by atoms with van der Waals surface area (Å²) in [5, 5.41) is 0. The van der Waals surface area contributed by atoms with Gasteiger partial charge in [-0.2, -0.15) is 0 Å². The van der Waals surface area contributed by atoms with Crippen molar-refractivity contribution in [1.29, 1.82) is 0 Å². The van der Waals surface area contributed by atoms with Gasteiger partial charge in [0.15, 0.2) is 0 Å². The van der Waals surface area contributed by atoms with Crippen LogP contribution in [-0.4, -0.2) is 0 Å².